The molecule has 0 amide bonds. The van der Waals surface area contributed by atoms with Gasteiger partial charge in [-0.2, -0.15) is 5.10 Å². The molecule has 4 rings (SSSR count). The van der Waals surface area contributed by atoms with Crippen LogP contribution in [0.15, 0.2) is 48.5 Å². The zero-order valence-corrected chi connectivity index (χ0v) is 13.1. The van der Waals surface area contributed by atoms with E-state index in [1.807, 2.05) is 35.0 Å². The fourth-order valence-electron chi connectivity index (χ4n) is 3.01. The smallest absolute Gasteiger partial charge is 0.133 e. The molecule has 1 aliphatic heterocycles. The third kappa shape index (κ3) is 2.49. The number of fused-ring (bicyclic) bond motifs is 1. The van der Waals surface area contributed by atoms with Gasteiger partial charge in [-0.3, -0.25) is 0 Å². The molecule has 0 fully saturated rings. The van der Waals surface area contributed by atoms with Gasteiger partial charge in [0, 0.05) is 18.5 Å². The van der Waals surface area contributed by atoms with E-state index < -0.39 is 0 Å². The third-order valence-corrected chi connectivity index (χ3v) is 4.45. The third-order valence-electron chi connectivity index (χ3n) is 4.13. The van der Waals surface area contributed by atoms with E-state index in [1.54, 1.807) is 12.1 Å². The monoisotopic (exact) mass is 327 g/mol. The summed E-state index contributed by atoms with van der Waals surface area (Å²) in [4.78, 5) is 0. The van der Waals surface area contributed by atoms with Crippen LogP contribution in [0.4, 0.5) is 10.2 Å². The van der Waals surface area contributed by atoms with Gasteiger partial charge in [-0.1, -0.05) is 41.9 Å². The maximum atomic E-state index is 13.9. The van der Waals surface area contributed by atoms with E-state index >= 15 is 0 Å². The first kappa shape index (κ1) is 14.3. The molecule has 0 spiro atoms. The number of para-hydroxylation sites is 1. The second-order valence-electron chi connectivity index (χ2n) is 5.58. The largest absolute Gasteiger partial charge is 0.369 e. The number of benzene rings is 2. The van der Waals surface area contributed by atoms with Gasteiger partial charge in [-0.15, -0.1) is 0 Å². The number of hydrogen-bond acceptors (Lipinski definition) is 2. The van der Waals surface area contributed by atoms with E-state index in [1.165, 1.54) is 6.07 Å². The summed E-state index contributed by atoms with van der Waals surface area (Å²) in [5, 5.41) is 8.71. The molecule has 1 aromatic heterocycles. The van der Waals surface area contributed by atoms with Crippen LogP contribution in [-0.2, 0) is 12.8 Å². The zero-order chi connectivity index (χ0) is 15.8. The Labute approximate surface area is 138 Å². The van der Waals surface area contributed by atoms with Crippen LogP contribution in [0.2, 0.25) is 5.02 Å². The van der Waals surface area contributed by atoms with Gasteiger partial charge in [0.1, 0.15) is 11.6 Å². The maximum Gasteiger partial charge on any atom is 0.133 e. The van der Waals surface area contributed by atoms with Crippen molar-refractivity contribution in [3.63, 3.8) is 0 Å². The summed E-state index contributed by atoms with van der Waals surface area (Å²) in [6, 6.07) is 14.4. The summed E-state index contributed by atoms with van der Waals surface area (Å²) in [6.07, 6.45) is 1.37. The lowest BCUT2D eigenvalue weighted by Gasteiger charge is -2.08. The first-order valence-electron chi connectivity index (χ1n) is 7.57. The van der Waals surface area contributed by atoms with Crippen molar-refractivity contribution in [2.24, 2.45) is 0 Å². The Morgan fingerprint density at radius 2 is 1.91 bits per heavy atom. The predicted molar refractivity (Wildman–Crippen MR) is 90.0 cm³/mol. The van der Waals surface area contributed by atoms with Gasteiger partial charge in [0.05, 0.1) is 16.4 Å². The molecule has 5 heteroatoms. The SMILES string of the molecule is Fc1ccccc1Cc1nn(-c2ccccc2Cl)c2c1CCN2. The highest BCUT2D eigenvalue weighted by molar-refractivity contribution is 6.32. The molecule has 0 saturated heterocycles. The van der Waals surface area contributed by atoms with Crippen LogP contribution < -0.4 is 5.32 Å². The Hall–Kier alpha value is -2.33. The Morgan fingerprint density at radius 3 is 2.74 bits per heavy atom. The highest BCUT2D eigenvalue weighted by Crippen LogP contribution is 2.32. The number of nitrogens with zero attached hydrogens (tertiary/aromatic N) is 2. The second-order valence-corrected chi connectivity index (χ2v) is 5.99. The minimum absolute atomic E-state index is 0.195. The van der Waals surface area contributed by atoms with Crippen molar-refractivity contribution in [3.8, 4) is 5.69 Å². The fourth-order valence-corrected chi connectivity index (χ4v) is 3.22. The molecule has 0 radical (unpaired) electrons. The lowest BCUT2D eigenvalue weighted by atomic mass is 10.1. The Balaban J connectivity index is 1.80. The molecule has 0 saturated carbocycles. The number of anilines is 1. The molecule has 1 N–H and O–H groups in total. The van der Waals surface area contributed by atoms with Crippen molar-refractivity contribution in [1.82, 2.24) is 9.78 Å². The lowest BCUT2D eigenvalue weighted by molar-refractivity contribution is 0.612. The van der Waals surface area contributed by atoms with Crippen molar-refractivity contribution in [3.05, 3.63) is 76.2 Å². The lowest BCUT2D eigenvalue weighted by Crippen LogP contribution is -2.05. The van der Waals surface area contributed by atoms with Gasteiger partial charge in [0.25, 0.3) is 0 Å². The molecule has 116 valence electrons. The summed E-state index contributed by atoms with van der Waals surface area (Å²) in [7, 11) is 0. The van der Waals surface area contributed by atoms with E-state index in [0.717, 1.165) is 35.7 Å². The molecule has 3 nitrogen and oxygen atoms in total. The van der Waals surface area contributed by atoms with Crippen LogP contribution in [0.5, 0.6) is 0 Å². The first-order chi connectivity index (χ1) is 11.2. The zero-order valence-electron chi connectivity index (χ0n) is 12.4. The van der Waals surface area contributed by atoms with E-state index in [0.29, 0.717) is 17.0 Å². The van der Waals surface area contributed by atoms with E-state index in [-0.39, 0.29) is 5.82 Å². The normalized spacial score (nSPS) is 13.0. The van der Waals surface area contributed by atoms with Crippen molar-refractivity contribution in [2.45, 2.75) is 12.8 Å². The molecule has 0 bridgehead atoms. The number of nitrogens with one attached hydrogen (secondary N) is 1. The molecule has 1 aliphatic rings. The van der Waals surface area contributed by atoms with E-state index in [2.05, 4.69) is 5.32 Å². The van der Waals surface area contributed by atoms with Crippen molar-refractivity contribution in [1.29, 1.82) is 0 Å². The highest BCUT2D eigenvalue weighted by atomic mass is 35.5. The van der Waals surface area contributed by atoms with Crippen LogP contribution in [0.3, 0.4) is 0 Å². The molecule has 2 heterocycles. The first-order valence-corrected chi connectivity index (χ1v) is 7.95. The van der Waals surface area contributed by atoms with Gasteiger partial charge in [-0.25, -0.2) is 9.07 Å². The van der Waals surface area contributed by atoms with Crippen molar-refractivity contribution >= 4 is 17.4 Å². The number of halogens is 2. The summed E-state index contributed by atoms with van der Waals surface area (Å²) in [5.74, 6) is 0.768. The van der Waals surface area contributed by atoms with Crippen LogP contribution in [0, 0.1) is 5.82 Å². The summed E-state index contributed by atoms with van der Waals surface area (Å²) < 4.78 is 15.8. The fraction of sp³-hybridized carbons (Fsp3) is 0.167. The standard InChI is InChI=1S/C18H15ClFN3/c19-14-6-2-4-8-17(14)23-18-13(9-10-21-18)16(22-23)11-12-5-1-3-7-15(12)20/h1-8,21H,9-11H2. The minimum atomic E-state index is -0.195. The Kier molecular flexibility index (Phi) is 3.54. The average molecular weight is 328 g/mol. The minimum Gasteiger partial charge on any atom is -0.369 e. The predicted octanol–water partition coefficient (Wildman–Crippen LogP) is 4.22. The molecular formula is C18H15ClFN3. The van der Waals surface area contributed by atoms with Gasteiger partial charge in [0.15, 0.2) is 0 Å². The van der Waals surface area contributed by atoms with E-state index in [9.17, 15) is 4.39 Å². The van der Waals surface area contributed by atoms with Crippen LogP contribution >= 0.6 is 11.6 Å². The maximum absolute atomic E-state index is 13.9. The molecule has 0 unspecified atom stereocenters. The van der Waals surface area contributed by atoms with Gasteiger partial charge >= 0.3 is 0 Å². The summed E-state index contributed by atoms with van der Waals surface area (Å²) in [5.41, 5.74) is 3.54. The topological polar surface area (TPSA) is 29.9 Å². The van der Waals surface area contributed by atoms with Crippen molar-refractivity contribution < 1.29 is 4.39 Å². The summed E-state index contributed by atoms with van der Waals surface area (Å²) in [6.45, 7) is 0.863. The molecule has 0 atom stereocenters. The summed E-state index contributed by atoms with van der Waals surface area (Å²) >= 11 is 6.31. The molecule has 0 aliphatic carbocycles. The quantitative estimate of drug-likeness (QED) is 0.780. The van der Waals surface area contributed by atoms with Gasteiger partial charge in [-0.05, 0) is 30.2 Å². The van der Waals surface area contributed by atoms with E-state index in [4.69, 9.17) is 16.7 Å². The number of hydrogen-bond donors (Lipinski definition) is 1. The van der Waals surface area contributed by atoms with Crippen LogP contribution in [-0.4, -0.2) is 16.3 Å². The molecule has 2 aromatic carbocycles. The average Bonchev–Trinajstić information content (AvgIpc) is 3.14. The second kappa shape index (κ2) is 5.70. The Morgan fingerprint density at radius 1 is 1.13 bits per heavy atom. The van der Waals surface area contributed by atoms with Crippen molar-refractivity contribution in [2.75, 3.05) is 11.9 Å². The molecular weight excluding hydrogens is 313 g/mol. The number of rotatable bonds is 3. The Bertz CT molecular complexity index is 872. The van der Waals surface area contributed by atoms with Crippen LogP contribution in [0.25, 0.3) is 5.69 Å². The van der Waals surface area contributed by atoms with Crippen LogP contribution in [0.1, 0.15) is 16.8 Å². The molecule has 3 aromatic rings. The van der Waals surface area contributed by atoms with Gasteiger partial charge < -0.3 is 5.32 Å². The van der Waals surface area contributed by atoms with Gasteiger partial charge in [0.2, 0.25) is 0 Å². The molecule has 23 heavy (non-hydrogen) atoms. The highest BCUT2D eigenvalue weighted by Gasteiger charge is 2.24. The number of aromatic nitrogens is 2.